The van der Waals surface area contributed by atoms with Gasteiger partial charge in [-0.15, -0.1) is 0 Å². The zero-order valence-corrected chi connectivity index (χ0v) is 14.9. The highest BCUT2D eigenvalue weighted by Crippen LogP contribution is 2.06. The minimum absolute atomic E-state index is 0.260. The van der Waals surface area contributed by atoms with Gasteiger partial charge in [-0.1, -0.05) is 45.4 Å². The van der Waals surface area contributed by atoms with Gasteiger partial charge in [0, 0.05) is 33.2 Å². The van der Waals surface area contributed by atoms with Crippen LogP contribution < -0.4 is 10.6 Å². The van der Waals surface area contributed by atoms with Crippen molar-refractivity contribution >= 4 is 5.96 Å². The molecular weight excluding hydrogens is 276 g/mol. The quantitative estimate of drug-likeness (QED) is 0.369. The van der Waals surface area contributed by atoms with Crippen LogP contribution in [0.5, 0.6) is 0 Å². The predicted octanol–water partition coefficient (Wildman–Crippen LogP) is 2.23. The number of nitrogens with one attached hydrogen (secondary N) is 2. The molecule has 1 atom stereocenters. The van der Waals surface area contributed by atoms with Gasteiger partial charge in [-0.2, -0.15) is 0 Å². The molecule has 1 aliphatic rings. The number of hydrogen-bond donors (Lipinski definition) is 2. The maximum atomic E-state index is 5.75. The zero-order valence-electron chi connectivity index (χ0n) is 14.9. The summed E-state index contributed by atoms with van der Waals surface area (Å²) in [6.45, 7) is 6.93. The third-order valence-corrected chi connectivity index (χ3v) is 4.14. The molecule has 1 rings (SSSR count). The Bertz CT molecular complexity index is 296. The average molecular weight is 313 g/mol. The van der Waals surface area contributed by atoms with Crippen LogP contribution in [0.25, 0.3) is 0 Å². The van der Waals surface area contributed by atoms with Crippen LogP contribution in [-0.2, 0) is 4.74 Å². The summed E-state index contributed by atoms with van der Waals surface area (Å²) in [6, 6.07) is 0. The van der Waals surface area contributed by atoms with Gasteiger partial charge in [0.25, 0.3) is 0 Å². The van der Waals surface area contributed by atoms with Crippen molar-refractivity contribution in [2.45, 2.75) is 58.0 Å². The lowest BCUT2D eigenvalue weighted by atomic mass is 10.1. The van der Waals surface area contributed by atoms with Crippen molar-refractivity contribution < 1.29 is 4.74 Å². The number of ether oxygens (including phenoxy) is 1. The Morgan fingerprint density at radius 1 is 1.14 bits per heavy atom. The van der Waals surface area contributed by atoms with Gasteiger partial charge in [0.05, 0.1) is 12.7 Å². The highest BCUT2D eigenvalue weighted by atomic mass is 16.5. The van der Waals surface area contributed by atoms with Crippen LogP contribution in [-0.4, -0.2) is 63.8 Å². The molecule has 0 radical (unpaired) electrons. The number of nitrogens with zero attached hydrogens (tertiary/aromatic N) is 2. The van der Waals surface area contributed by atoms with Gasteiger partial charge in [0.15, 0.2) is 5.96 Å². The van der Waals surface area contributed by atoms with Gasteiger partial charge in [-0.3, -0.25) is 4.99 Å². The Morgan fingerprint density at radius 3 is 2.55 bits per heavy atom. The van der Waals surface area contributed by atoms with Gasteiger partial charge < -0.3 is 20.3 Å². The molecule has 1 heterocycles. The smallest absolute Gasteiger partial charge is 0.191 e. The van der Waals surface area contributed by atoms with Crippen molar-refractivity contribution in [2.75, 3.05) is 46.9 Å². The van der Waals surface area contributed by atoms with Gasteiger partial charge in [-0.05, 0) is 13.5 Å². The monoisotopic (exact) mass is 312 g/mol. The molecule has 0 bridgehead atoms. The molecule has 0 aromatic carbocycles. The normalized spacial score (nSPS) is 20.1. The van der Waals surface area contributed by atoms with Gasteiger partial charge in [0.2, 0.25) is 0 Å². The summed E-state index contributed by atoms with van der Waals surface area (Å²) in [5.74, 6) is 0.891. The van der Waals surface area contributed by atoms with E-state index in [0.717, 1.165) is 38.7 Å². The molecule has 0 amide bonds. The maximum absolute atomic E-state index is 5.75. The Hall–Kier alpha value is -0.810. The topological polar surface area (TPSA) is 48.9 Å². The minimum atomic E-state index is 0.260. The molecule has 1 aliphatic heterocycles. The van der Waals surface area contributed by atoms with Crippen LogP contribution in [0.4, 0.5) is 0 Å². The predicted molar refractivity (Wildman–Crippen MR) is 94.6 cm³/mol. The molecule has 0 spiro atoms. The highest BCUT2D eigenvalue weighted by molar-refractivity contribution is 5.79. The molecule has 1 unspecified atom stereocenters. The number of guanidine groups is 1. The van der Waals surface area contributed by atoms with E-state index in [1.807, 2.05) is 7.05 Å². The first kappa shape index (κ1) is 19.2. The number of hydrogen-bond acceptors (Lipinski definition) is 3. The van der Waals surface area contributed by atoms with Crippen molar-refractivity contribution in [2.24, 2.45) is 4.99 Å². The number of aliphatic imine (C=N–C) groups is 1. The molecule has 0 aromatic rings. The van der Waals surface area contributed by atoms with Gasteiger partial charge >= 0.3 is 0 Å². The maximum Gasteiger partial charge on any atom is 0.191 e. The largest absolute Gasteiger partial charge is 0.374 e. The van der Waals surface area contributed by atoms with E-state index in [9.17, 15) is 0 Å². The number of unbranched alkanes of at least 4 members (excludes halogenated alkanes) is 6. The van der Waals surface area contributed by atoms with E-state index in [1.165, 1.54) is 44.9 Å². The van der Waals surface area contributed by atoms with E-state index in [0.29, 0.717) is 0 Å². The lowest BCUT2D eigenvalue weighted by Crippen LogP contribution is -2.48. The molecule has 22 heavy (non-hydrogen) atoms. The summed E-state index contributed by atoms with van der Waals surface area (Å²) in [4.78, 5) is 6.59. The van der Waals surface area contributed by atoms with Crippen LogP contribution in [0.1, 0.15) is 51.9 Å². The Kier molecular flexibility index (Phi) is 11.1. The average Bonchev–Trinajstić information content (AvgIpc) is 2.53. The molecule has 0 aromatic heterocycles. The molecule has 1 saturated heterocycles. The summed E-state index contributed by atoms with van der Waals surface area (Å²) in [7, 11) is 3.97. The van der Waals surface area contributed by atoms with Crippen LogP contribution in [0.3, 0.4) is 0 Å². The second kappa shape index (κ2) is 12.7. The van der Waals surface area contributed by atoms with E-state index in [1.54, 1.807) is 0 Å². The van der Waals surface area contributed by atoms with Crippen LogP contribution in [0.15, 0.2) is 4.99 Å². The summed E-state index contributed by atoms with van der Waals surface area (Å²) in [6.07, 6.45) is 9.62. The van der Waals surface area contributed by atoms with Crippen molar-refractivity contribution in [1.29, 1.82) is 0 Å². The van der Waals surface area contributed by atoms with Crippen molar-refractivity contribution in [3.8, 4) is 0 Å². The first-order valence-electron chi connectivity index (χ1n) is 9.01. The molecule has 5 heteroatoms. The Balaban J connectivity index is 2.00. The van der Waals surface area contributed by atoms with Crippen molar-refractivity contribution in [1.82, 2.24) is 15.5 Å². The van der Waals surface area contributed by atoms with Gasteiger partial charge in [-0.25, -0.2) is 0 Å². The molecular formula is C17H36N4O. The highest BCUT2D eigenvalue weighted by Gasteiger charge is 2.17. The lowest BCUT2D eigenvalue weighted by Gasteiger charge is -2.30. The number of morpholine rings is 1. The minimum Gasteiger partial charge on any atom is -0.374 e. The third kappa shape index (κ3) is 9.26. The molecule has 130 valence electrons. The fourth-order valence-corrected chi connectivity index (χ4v) is 2.71. The van der Waals surface area contributed by atoms with Crippen molar-refractivity contribution in [3.05, 3.63) is 0 Å². The summed E-state index contributed by atoms with van der Waals surface area (Å²) < 4.78 is 5.75. The van der Waals surface area contributed by atoms with E-state index in [4.69, 9.17) is 4.74 Å². The first-order chi connectivity index (χ1) is 10.8. The zero-order chi connectivity index (χ0) is 16.0. The summed E-state index contributed by atoms with van der Waals surface area (Å²) in [5.41, 5.74) is 0. The van der Waals surface area contributed by atoms with Crippen LogP contribution in [0.2, 0.25) is 0 Å². The van der Waals surface area contributed by atoms with E-state index >= 15 is 0 Å². The summed E-state index contributed by atoms with van der Waals surface area (Å²) >= 11 is 0. The second-order valence-electron chi connectivity index (χ2n) is 6.26. The van der Waals surface area contributed by atoms with Crippen LogP contribution >= 0.6 is 0 Å². The molecule has 0 saturated carbocycles. The van der Waals surface area contributed by atoms with E-state index in [-0.39, 0.29) is 6.10 Å². The molecule has 5 nitrogen and oxygen atoms in total. The fourth-order valence-electron chi connectivity index (χ4n) is 2.71. The van der Waals surface area contributed by atoms with E-state index in [2.05, 4.69) is 34.5 Å². The molecule has 0 aliphatic carbocycles. The molecule has 1 fully saturated rings. The second-order valence-corrected chi connectivity index (χ2v) is 6.26. The van der Waals surface area contributed by atoms with Crippen molar-refractivity contribution in [3.63, 3.8) is 0 Å². The molecule has 2 N–H and O–H groups in total. The standard InChI is InChI=1S/C17H36N4O/c1-4-5-6-7-8-9-10-11-19-17(18-2)20-14-16-15-21(3)12-13-22-16/h16H,4-15H2,1-3H3,(H2,18,19,20). The lowest BCUT2D eigenvalue weighted by molar-refractivity contribution is -0.0161. The van der Waals surface area contributed by atoms with Gasteiger partial charge in [0.1, 0.15) is 0 Å². The fraction of sp³-hybridized carbons (Fsp3) is 0.941. The Morgan fingerprint density at radius 2 is 1.86 bits per heavy atom. The Labute approximate surface area is 136 Å². The number of likely N-dealkylation sites (N-methyl/N-ethyl adjacent to an activating group) is 1. The van der Waals surface area contributed by atoms with E-state index < -0.39 is 0 Å². The summed E-state index contributed by atoms with van der Waals surface area (Å²) in [5, 5.41) is 6.76. The number of rotatable bonds is 10. The third-order valence-electron chi connectivity index (χ3n) is 4.14. The first-order valence-corrected chi connectivity index (χ1v) is 9.01. The SMILES string of the molecule is CCCCCCCCCNC(=NC)NCC1CN(C)CCO1. The van der Waals surface area contributed by atoms with Crippen LogP contribution in [0, 0.1) is 0 Å².